The van der Waals surface area contributed by atoms with Crippen molar-refractivity contribution in [2.75, 3.05) is 29.4 Å². The van der Waals surface area contributed by atoms with E-state index in [0.717, 1.165) is 28.6 Å². The van der Waals surface area contributed by atoms with E-state index in [1.807, 2.05) is 23.6 Å². The highest BCUT2D eigenvalue weighted by molar-refractivity contribution is 7.90. The Morgan fingerprint density at radius 3 is 2.44 bits per heavy atom. The lowest BCUT2D eigenvalue weighted by atomic mass is 9.98. The predicted molar refractivity (Wildman–Crippen MR) is 146 cm³/mol. The van der Waals surface area contributed by atoms with Gasteiger partial charge in [-0.05, 0) is 39.8 Å². The SMILES string of the molecule is CC(C)S(=O)n1ccc(S(=O)(=O)n2nc(N3CCN(c4ncc(F)cn4)CC3(C)C)c3c(Cl)cc(F)cc32)c1. The van der Waals surface area contributed by atoms with Gasteiger partial charge < -0.3 is 9.80 Å². The molecule has 10 nitrogen and oxygen atoms in total. The molecule has 0 spiro atoms. The quantitative estimate of drug-likeness (QED) is 0.330. The van der Waals surface area contributed by atoms with Crippen LogP contribution in [0.15, 0.2) is 47.9 Å². The van der Waals surface area contributed by atoms with Crippen LogP contribution in [-0.4, -0.2) is 66.2 Å². The predicted octanol–water partition coefficient (Wildman–Crippen LogP) is 3.82. The number of aromatic nitrogens is 5. The van der Waals surface area contributed by atoms with E-state index < -0.39 is 38.2 Å². The monoisotopic (exact) mass is 597 g/mol. The summed E-state index contributed by atoms with van der Waals surface area (Å²) in [6, 6.07) is 3.52. The Bertz CT molecular complexity index is 1690. The van der Waals surface area contributed by atoms with Gasteiger partial charge in [-0.25, -0.2) is 23.0 Å². The summed E-state index contributed by atoms with van der Waals surface area (Å²) >= 11 is 6.48. The van der Waals surface area contributed by atoms with E-state index in [9.17, 15) is 21.4 Å². The van der Waals surface area contributed by atoms with E-state index in [2.05, 4.69) is 15.1 Å². The van der Waals surface area contributed by atoms with Crippen LogP contribution < -0.4 is 9.80 Å². The minimum Gasteiger partial charge on any atom is -0.346 e. The van der Waals surface area contributed by atoms with Gasteiger partial charge in [-0.3, -0.25) is 3.97 Å². The van der Waals surface area contributed by atoms with Crippen LogP contribution in [0.25, 0.3) is 10.9 Å². The highest BCUT2D eigenvalue weighted by Gasteiger charge is 2.39. The summed E-state index contributed by atoms with van der Waals surface area (Å²) in [4.78, 5) is 11.8. The summed E-state index contributed by atoms with van der Waals surface area (Å²) in [5.74, 6) is -0.618. The van der Waals surface area contributed by atoms with Crippen molar-refractivity contribution in [2.24, 2.45) is 0 Å². The molecule has 1 atom stereocenters. The molecule has 208 valence electrons. The molecule has 0 radical (unpaired) electrons. The fourth-order valence-corrected chi connectivity index (χ4v) is 7.15. The number of halogens is 3. The summed E-state index contributed by atoms with van der Waals surface area (Å²) in [5, 5.41) is 4.54. The Hall–Kier alpha value is -3.10. The van der Waals surface area contributed by atoms with Crippen molar-refractivity contribution in [3.8, 4) is 0 Å². The summed E-state index contributed by atoms with van der Waals surface area (Å²) in [5.41, 5.74) is -0.658. The third-order valence-corrected chi connectivity index (χ3v) is 9.79. The molecule has 0 N–H and O–H groups in total. The van der Waals surface area contributed by atoms with Crippen LogP contribution >= 0.6 is 11.6 Å². The third kappa shape index (κ3) is 4.89. The first-order valence-corrected chi connectivity index (χ1v) is 15.0. The molecule has 0 amide bonds. The zero-order valence-corrected chi connectivity index (χ0v) is 23.9. The lowest BCUT2D eigenvalue weighted by Gasteiger charge is -2.47. The summed E-state index contributed by atoms with van der Waals surface area (Å²) < 4.78 is 69.9. The molecule has 1 fully saturated rings. The molecule has 0 aliphatic carbocycles. The number of rotatable bonds is 6. The van der Waals surface area contributed by atoms with E-state index in [4.69, 9.17) is 11.6 Å². The lowest BCUT2D eigenvalue weighted by Crippen LogP contribution is -2.60. The largest absolute Gasteiger partial charge is 0.346 e. The maximum Gasteiger partial charge on any atom is 0.285 e. The van der Waals surface area contributed by atoms with Crippen molar-refractivity contribution >= 4 is 55.3 Å². The van der Waals surface area contributed by atoms with Gasteiger partial charge in [-0.1, -0.05) is 11.6 Å². The van der Waals surface area contributed by atoms with Crippen molar-refractivity contribution in [3.05, 3.63) is 59.6 Å². The minimum absolute atomic E-state index is 0.0139. The fourth-order valence-electron chi connectivity index (χ4n) is 4.65. The van der Waals surface area contributed by atoms with Gasteiger partial charge in [0.05, 0.1) is 33.9 Å². The summed E-state index contributed by atoms with van der Waals surface area (Å²) in [6.45, 7) is 8.58. The molecular formula is C24H26ClF2N7O3S2. The lowest BCUT2D eigenvalue weighted by molar-refractivity contribution is 0.408. The molecule has 3 aromatic heterocycles. The molecule has 1 aliphatic rings. The van der Waals surface area contributed by atoms with Crippen LogP contribution in [0.5, 0.6) is 0 Å². The van der Waals surface area contributed by atoms with Gasteiger partial charge in [0.15, 0.2) is 11.6 Å². The van der Waals surface area contributed by atoms with Crippen LogP contribution in [0.4, 0.5) is 20.5 Å². The topological polar surface area (TPSA) is 106 Å². The molecular weight excluding hydrogens is 572 g/mol. The van der Waals surface area contributed by atoms with Gasteiger partial charge in [0.1, 0.15) is 21.7 Å². The first-order valence-electron chi connectivity index (χ1n) is 12.0. The number of anilines is 2. The number of hydrogen-bond acceptors (Lipinski definition) is 8. The van der Waals surface area contributed by atoms with Crippen molar-refractivity contribution in [1.82, 2.24) is 23.1 Å². The number of hydrogen-bond donors (Lipinski definition) is 0. The Morgan fingerprint density at radius 1 is 1.10 bits per heavy atom. The van der Waals surface area contributed by atoms with E-state index in [0.29, 0.717) is 25.6 Å². The molecule has 15 heteroatoms. The molecule has 1 unspecified atom stereocenters. The molecule has 4 aromatic rings. The molecule has 0 bridgehead atoms. The van der Waals surface area contributed by atoms with Gasteiger partial charge in [0.25, 0.3) is 10.0 Å². The van der Waals surface area contributed by atoms with Crippen molar-refractivity contribution in [3.63, 3.8) is 0 Å². The van der Waals surface area contributed by atoms with E-state index in [-0.39, 0.29) is 31.9 Å². The van der Waals surface area contributed by atoms with Gasteiger partial charge in [0, 0.05) is 43.3 Å². The average molecular weight is 598 g/mol. The van der Waals surface area contributed by atoms with Crippen molar-refractivity contribution in [2.45, 2.75) is 43.4 Å². The van der Waals surface area contributed by atoms with E-state index >= 15 is 0 Å². The average Bonchev–Trinajstić information content (AvgIpc) is 3.50. The van der Waals surface area contributed by atoms with Gasteiger partial charge >= 0.3 is 0 Å². The number of piperazine rings is 1. The van der Waals surface area contributed by atoms with Gasteiger partial charge in [-0.15, -0.1) is 5.10 Å². The van der Waals surface area contributed by atoms with E-state index in [1.165, 1.54) is 22.4 Å². The number of fused-ring (bicyclic) bond motifs is 1. The summed E-state index contributed by atoms with van der Waals surface area (Å²) in [6.07, 6.45) is 4.88. The Kier molecular flexibility index (Phi) is 6.92. The Balaban J connectivity index is 1.59. The van der Waals surface area contributed by atoms with Crippen molar-refractivity contribution < 1.29 is 21.4 Å². The van der Waals surface area contributed by atoms with Crippen LogP contribution in [0.3, 0.4) is 0 Å². The van der Waals surface area contributed by atoms with Crippen LogP contribution in [-0.2, 0) is 21.0 Å². The maximum atomic E-state index is 14.5. The molecule has 0 saturated carbocycles. The standard InChI is InChI=1S/C24H26ClF2N7O3S2/c1-15(2)38(35)32-6-5-18(13-32)39(36,37)34-20-10-16(26)9-19(25)21(20)22(30-34)33-8-7-31(14-24(33,3)4)23-28-11-17(27)12-29-23/h5-6,9-13,15H,7-8,14H2,1-4H3. The first-order chi connectivity index (χ1) is 18.3. The fraction of sp³-hybridized carbons (Fsp3) is 0.375. The zero-order valence-electron chi connectivity index (χ0n) is 21.5. The Morgan fingerprint density at radius 2 is 1.79 bits per heavy atom. The molecule has 1 saturated heterocycles. The summed E-state index contributed by atoms with van der Waals surface area (Å²) in [7, 11) is -5.79. The highest BCUT2D eigenvalue weighted by atomic mass is 35.5. The van der Waals surface area contributed by atoms with Crippen LogP contribution in [0, 0.1) is 11.6 Å². The minimum atomic E-state index is -4.32. The first kappa shape index (κ1) is 27.5. The third-order valence-electron chi connectivity index (χ3n) is 6.47. The van der Waals surface area contributed by atoms with Gasteiger partial charge in [-0.2, -0.15) is 12.5 Å². The second kappa shape index (κ2) is 9.82. The molecule has 1 aromatic carbocycles. The Labute approximate surface area is 231 Å². The van der Waals surface area contributed by atoms with Crippen LogP contribution in [0.2, 0.25) is 5.02 Å². The highest BCUT2D eigenvalue weighted by Crippen LogP contribution is 2.39. The normalized spacial score (nSPS) is 16.8. The molecule has 4 heterocycles. The molecule has 5 rings (SSSR count). The molecule has 39 heavy (non-hydrogen) atoms. The number of benzene rings is 1. The maximum absolute atomic E-state index is 14.5. The zero-order chi connectivity index (χ0) is 28.3. The van der Waals surface area contributed by atoms with E-state index in [1.54, 1.807) is 13.8 Å². The molecule has 1 aliphatic heterocycles. The van der Waals surface area contributed by atoms with Crippen molar-refractivity contribution in [1.29, 1.82) is 0 Å². The van der Waals surface area contributed by atoms with Gasteiger partial charge in [0.2, 0.25) is 5.95 Å². The second-order valence-corrected chi connectivity index (χ2v) is 14.2. The second-order valence-electron chi connectivity index (χ2n) is 10.1. The van der Waals surface area contributed by atoms with Crippen LogP contribution in [0.1, 0.15) is 27.7 Å². The number of nitrogens with zero attached hydrogens (tertiary/aromatic N) is 7. The smallest absolute Gasteiger partial charge is 0.285 e.